The van der Waals surface area contributed by atoms with Crippen LogP contribution in [0, 0.1) is 0 Å². The van der Waals surface area contributed by atoms with Crippen molar-refractivity contribution in [3.63, 3.8) is 0 Å². The SMILES string of the molecule is CCCCOCCOCCOCCOC(=O)CCC(C)=O. The third-order valence-electron chi connectivity index (χ3n) is 2.56. The Morgan fingerprint density at radius 2 is 1.29 bits per heavy atom. The summed E-state index contributed by atoms with van der Waals surface area (Å²) in [6.45, 7) is 7.02. The Balaban J connectivity index is 3.12. The average molecular weight is 304 g/mol. The standard InChI is InChI=1S/C15H28O6/c1-3-4-7-18-8-9-19-10-11-20-12-13-21-15(17)6-5-14(2)16/h3-13H2,1-2H3. The topological polar surface area (TPSA) is 71.1 Å². The molecule has 0 bridgehead atoms. The number of hydrogen-bond donors (Lipinski definition) is 0. The zero-order valence-electron chi connectivity index (χ0n) is 13.2. The molecule has 0 atom stereocenters. The van der Waals surface area contributed by atoms with Crippen LogP contribution in [0.1, 0.15) is 39.5 Å². The fraction of sp³-hybridized carbons (Fsp3) is 0.867. The van der Waals surface area contributed by atoms with E-state index < -0.39 is 0 Å². The molecule has 0 N–H and O–H groups in total. The van der Waals surface area contributed by atoms with E-state index in [1.54, 1.807) is 0 Å². The van der Waals surface area contributed by atoms with Crippen LogP contribution in [0.4, 0.5) is 0 Å². The predicted octanol–water partition coefficient (Wildman–Crippen LogP) is 1.75. The van der Waals surface area contributed by atoms with Crippen molar-refractivity contribution in [3.05, 3.63) is 0 Å². The minimum Gasteiger partial charge on any atom is -0.463 e. The molecule has 0 heterocycles. The summed E-state index contributed by atoms with van der Waals surface area (Å²) in [5.41, 5.74) is 0. The number of carbonyl (C=O) groups is 2. The van der Waals surface area contributed by atoms with Gasteiger partial charge in [0.05, 0.1) is 39.5 Å². The number of esters is 1. The maximum Gasteiger partial charge on any atom is 0.306 e. The van der Waals surface area contributed by atoms with Gasteiger partial charge in [0, 0.05) is 13.0 Å². The average Bonchev–Trinajstić information content (AvgIpc) is 2.46. The molecule has 0 aliphatic heterocycles. The highest BCUT2D eigenvalue weighted by Gasteiger charge is 2.04. The van der Waals surface area contributed by atoms with Gasteiger partial charge in [-0.15, -0.1) is 0 Å². The summed E-state index contributed by atoms with van der Waals surface area (Å²) in [6, 6.07) is 0. The second-order valence-corrected chi connectivity index (χ2v) is 4.61. The maximum atomic E-state index is 11.2. The first-order chi connectivity index (χ1) is 10.2. The van der Waals surface area contributed by atoms with Gasteiger partial charge < -0.3 is 23.7 Å². The van der Waals surface area contributed by atoms with Crippen molar-refractivity contribution in [2.24, 2.45) is 0 Å². The van der Waals surface area contributed by atoms with Crippen LogP contribution < -0.4 is 0 Å². The molecule has 0 rings (SSSR count). The largest absolute Gasteiger partial charge is 0.463 e. The third kappa shape index (κ3) is 17.0. The fourth-order valence-corrected chi connectivity index (χ4v) is 1.35. The van der Waals surface area contributed by atoms with Crippen LogP contribution >= 0.6 is 0 Å². The molecule has 6 heteroatoms. The van der Waals surface area contributed by atoms with E-state index in [2.05, 4.69) is 6.92 Å². The number of hydrogen-bond acceptors (Lipinski definition) is 6. The van der Waals surface area contributed by atoms with Gasteiger partial charge in [-0.05, 0) is 13.3 Å². The Hall–Kier alpha value is -0.980. The summed E-state index contributed by atoms with van der Waals surface area (Å²) in [5.74, 6) is -0.381. The Kier molecular flexibility index (Phi) is 14.7. The third-order valence-corrected chi connectivity index (χ3v) is 2.56. The molecule has 0 aliphatic carbocycles. The summed E-state index contributed by atoms with van der Waals surface area (Å²) in [4.78, 5) is 21.8. The number of rotatable bonds is 15. The summed E-state index contributed by atoms with van der Waals surface area (Å²) in [6.07, 6.45) is 2.58. The van der Waals surface area contributed by atoms with Crippen LogP contribution in [0.3, 0.4) is 0 Å². The molecule has 0 saturated heterocycles. The first-order valence-electron chi connectivity index (χ1n) is 7.55. The number of carbonyl (C=O) groups excluding carboxylic acids is 2. The lowest BCUT2D eigenvalue weighted by Crippen LogP contribution is -2.14. The number of unbranched alkanes of at least 4 members (excludes halogenated alkanes) is 1. The second kappa shape index (κ2) is 15.4. The highest BCUT2D eigenvalue weighted by Crippen LogP contribution is 1.94. The van der Waals surface area contributed by atoms with Gasteiger partial charge in [-0.2, -0.15) is 0 Å². The molecule has 0 unspecified atom stereocenters. The maximum absolute atomic E-state index is 11.2. The molecule has 0 fully saturated rings. The van der Waals surface area contributed by atoms with Crippen molar-refractivity contribution < 1.29 is 28.5 Å². The van der Waals surface area contributed by atoms with Crippen LogP contribution in [-0.2, 0) is 28.5 Å². The minimum atomic E-state index is -0.366. The Labute approximate surface area is 127 Å². The fourth-order valence-electron chi connectivity index (χ4n) is 1.35. The van der Waals surface area contributed by atoms with Crippen molar-refractivity contribution in [2.45, 2.75) is 39.5 Å². The van der Waals surface area contributed by atoms with Crippen LogP contribution in [0.2, 0.25) is 0 Å². The molecular formula is C15H28O6. The summed E-state index contributed by atoms with van der Waals surface area (Å²) < 4.78 is 20.8. The van der Waals surface area contributed by atoms with Crippen LogP contribution in [0.15, 0.2) is 0 Å². The smallest absolute Gasteiger partial charge is 0.306 e. The number of ether oxygens (including phenoxy) is 4. The lowest BCUT2D eigenvalue weighted by molar-refractivity contribution is -0.146. The molecule has 0 aromatic rings. The van der Waals surface area contributed by atoms with Crippen molar-refractivity contribution in [2.75, 3.05) is 46.2 Å². The van der Waals surface area contributed by atoms with Gasteiger partial charge in [0.25, 0.3) is 0 Å². The van der Waals surface area contributed by atoms with E-state index in [4.69, 9.17) is 18.9 Å². The molecule has 0 amide bonds. The lowest BCUT2D eigenvalue weighted by atomic mass is 10.2. The van der Waals surface area contributed by atoms with Gasteiger partial charge in [0.2, 0.25) is 0 Å². The number of Topliss-reactive ketones (excluding diaryl/α,β-unsaturated/α-hetero) is 1. The van der Waals surface area contributed by atoms with Gasteiger partial charge >= 0.3 is 5.97 Å². The van der Waals surface area contributed by atoms with E-state index in [9.17, 15) is 9.59 Å². The quantitative estimate of drug-likeness (QED) is 0.339. The molecule has 6 nitrogen and oxygen atoms in total. The van der Waals surface area contributed by atoms with Crippen molar-refractivity contribution in [1.82, 2.24) is 0 Å². The first-order valence-corrected chi connectivity index (χ1v) is 7.55. The molecule has 0 aromatic carbocycles. The van der Waals surface area contributed by atoms with E-state index in [1.807, 2.05) is 0 Å². The predicted molar refractivity (Wildman–Crippen MR) is 78.2 cm³/mol. The summed E-state index contributed by atoms with van der Waals surface area (Å²) in [7, 11) is 0. The highest BCUT2D eigenvalue weighted by atomic mass is 16.6. The van der Waals surface area contributed by atoms with E-state index >= 15 is 0 Å². The van der Waals surface area contributed by atoms with Crippen LogP contribution in [0.5, 0.6) is 0 Å². The molecule has 0 saturated carbocycles. The van der Waals surface area contributed by atoms with Gasteiger partial charge in [-0.3, -0.25) is 4.79 Å². The second-order valence-electron chi connectivity index (χ2n) is 4.61. The summed E-state index contributed by atoms with van der Waals surface area (Å²) >= 11 is 0. The van der Waals surface area contributed by atoms with E-state index in [0.717, 1.165) is 19.4 Å². The van der Waals surface area contributed by atoms with Crippen LogP contribution in [0.25, 0.3) is 0 Å². The lowest BCUT2D eigenvalue weighted by Gasteiger charge is -2.07. The van der Waals surface area contributed by atoms with E-state index in [0.29, 0.717) is 33.0 Å². The Morgan fingerprint density at radius 1 is 0.762 bits per heavy atom. The van der Waals surface area contributed by atoms with E-state index in [-0.39, 0.29) is 31.2 Å². The van der Waals surface area contributed by atoms with E-state index in [1.165, 1.54) is 6.92 Å². The van der Waals surface area contributed by atoms with Crippen LogP contribution in [-0.4, -0.2) is 58.0 Å². The first kappa shape index (κ1) is 20.0. The zero-order chi connectivity index (χ0) is 15.8. The van der Waals surface area contributed by atoms with Crippen molar-refractivity contribution >= 4 is 11.8 Å². The van der Waals surface area contributed by atoms with Gasteiger partial charge in [-0.1, -0.05) is 13.3 Å². The molecule has 0 radical (unpaired) electrons. The molecular weight excluding hydrogens is 276 g/mol. The Morgan fingerprint density at radius 3 is 1.81 bits per heavy atom. The molecule has 0 aromatic heterocycles. The molecule has 0 aliphatic rings. The highest BCUT2D eigenvalue weighted by molar-refractivity contribution is 5.80. The zero-order valence-corrected chi connectivity index (χ0v) is 13.2. The Bertz CT molecular complexity index is 267. The van der Waals surface area contributed by atoms with Gasteiger partial charge in [0.15, 0.2) is 0 Å². The van der Waals surface area contributed by atoms with Gasteiger partial charge in [-0.25, -0.2) is 0 Å². The molecule has 124 valence electrons. The summed E-state index contributed by atoms with van der Waals surface area (Å²) in [5, 5.41) is 0. The minimum absolute atomic E-state index is 0.0148. The normalized spacial score (nSPS) is 10.6. The van der Waals surface area contributed by atoms with Gasteiger partial charge in [0.1, 0.15) is 12.4 Å². The van der Waals surface area contributed by atoms with Crippen molar-refractivity contribution in [1.29, 1.82) is 0 Å². The number of ketones is 1. The molecule has 0 spiro atoms. The molecule has 21 heavy (non-hydrogen) atoms. The monoisotopic (exact) mass is 304 g/mol. The van der Waals surface area contributed by atoms with Crippen molar-refractivity contribution in [3.8, 4) is 0 Å².